The van der Waals surface area contributed by atoms with Gasteiger partial charge in [0.15, 0.2) is 0 Å². The average Bonchev–Trinajstić information content (AvgIpc) is 2.90. The Bertz CT molecular complexity index is 630. The highest BCUT2D eigenvalue weighted by atomic mass is 32.2. The van der Waals surface area contributed by atoms with Crippen molar-refractivity contribution in [2.75, 3.05) is 6.26 Å². The fourth-order valence-corrected chi connectivity index (χ4v) is 3.75. The summed E-state index contributed by atoms with van der Waals surface area (Å²) in [4.78, 5) is 15.5. The maximum absolute atomic E-state index is 11.1. The van der Waals surface area contributed by atoms with Crippen LogP contribution in [0.2, 0.25) is 0 Å². The molecule has 5 heteroatoms. The maximum Gasteiger partial charge on any atom is 0.335 e. The van der Waals surface area contributed by atoms with Gasteiger partial charge in [0.2, 0.25) is 0 Å². The van der Waals surface area contributed by atoms with Crippen LogP contribution in [-0.4, -0.2) is 32.1 Å². The molecule has 0 radical (unpaired) electrons. The molecule has 1 N–H and O–H groups in total. The Hall–Kier alpha value is -1.49. The summed E-state index contributed by atoms with van der Waals surface area (Å²) in [6.07, 6.45) is 8.79. The van der Waals surface area contributed by atoms with Gasteiger partial charge in [0.1, 0.15) is 0 Å². The Kier molecular flexibility index (Phi) is 3.70. The van der Waals surface area contributed by atoms with Crippen LogP contribution in [0.1, 0.15) is 42.1 Å². The van der Waals surface area contributed by atoms with Gasteiger partial charge >= 0.3 is 5.97 Å². The molecule has 1 heterocycles. The Morgan fingerprint density at radius 2 is 2.10 bits per heavy atom. The molecule has 0 amide bonds. The Labute approximate surface area is 122 Å². The number of aromatic nitrogens is 2. The molecule has 4 nitrogen and oxygen atoms in total. The van der Waals surface area contributed by atoms with Gasteiger partial charge < -0.3 is 9.67 Å². The highest BCUT2D eigenvalue weighted by molar-refractivity contribution is 7.99. The molecule has 1 aliphatic rings. The summed E-state index contributed by atoms with van der Waals surface area (Å²) in [6, 6.07) is 5.60. The minimum absolute atomic E-state index is 0.331. The molecular formula is C15H18N2O2S. The highest BCUT2D eigenvalue weighted by Crippen LogP contribution is 2.35. The van der Waals surface area contributed by atoms with Gasteiger partial charge in [-0.05, 0) is 50.1 Å². The molecule has 0 spiro atoms. The molecule has 1 aromatic heterocycles. The number of nitrogens with zero attached hydrogens (tertiary/aromatic N) is 2. The summed E-state index contributed by atoms with van der Waals surface area (Å²) < 4.78 is 2.16. The lowest BCUT2D eigenvalue weighted by molar-refractivity contribution is 0.0697. The normalized spacial score (nSPS) is 23.1. The molecule has 1 aromatic carbocycles. The fourth-order valence-electron chi connectivity index (χ4n) is 3.01. The Morgan fingerprint density at radius 3 is 2.75 bits per heavy atom. The number of benzene rings is 1. The minimum Gasteiger partial charge on any atom is -0.478 e. The van der Waals surface area contributed by atoms with E-state index in [2.05, 4.69) is 15.8 Å². The van der Waals surface area contributed by atoms with Gasteiger partial charge in [0.05, 0.1) is 22.9 Å². The lowest BCUT2D eigenvalue weighted by atomic mass is 9.94. The van der Waals surface area contributed by atoms with E-state index in [4.69, 9.17) is 5.11 Å². The van der Waals surface area contributed by atoms with Crippen molar-refractivity contribution in [3.63, 3.8) is 0 Å². The average molecular weight is 290 g/mol. The third kappa shape index (κ3) is 2.42. The van der Waals surface area contributed by atoms with E-state index < -0.39 is 5.97 Å². The van der Waals surface area contributed by atoms with E-state index >= 15 is 0 Å². The summed E-state index contributed by atoms with van der Waals surface area (Å²) in [5, 5.41) is 9.89. The van der Waals surface area contributed by atoms with Crippen molar-refractivity contribution in [1.82, 2.24) is 9.55 Å². The van der Waals surface area contributed by atoms with Crippen LogP contribution in [0.25, 0.3) is 11.0 Å². The van der Waals surface area contributed by atoms with Gasteiger partial charge in [-0.3, -0.25) is 0 Å². The molecule has 3 rings (SSSR count). The molecule has 1 saturated carbocycles. The lowest BCUT2D eigenvalue weighted by Crippen LogP contribution is -2.18. The molecule has 0 saturated heterocycles. The van der Waals surface area contributed by atoms with E-state index in [1.807, 2.05) is 18.1 Å². The number of rotatable bonds is 3. The summed E-state index contributed by atoms with van der Waals surface area (Å²) in [5.41, 5.74) is 2.15. The number of fused-ring (bicyclic) bond motifs is 1. The van der Waals surface area contributed by atoms with E-state index in [1.54, 1.807) is 18.2 Å². The molecule has 106 valence electrons. The van der Waals surface area contributed by atoms with E-state index in [9.17, 15) is 4.79 Å². The molecule has 2 aromatic rings. The first-order chi connectivity index (χ1) is 9.69. The summed E-state index contributed by atoms with van der Waals surface area (Å²) >= 11 is 1.95. The van der Waals surface area contributed by atoms with E-state index in [1.165, 1.54) is 12.8 Å². The molecule has 0 bridgehead atoms. The topological polar surface area (TPSA) is 55.1 Å². The first kappa shape index (κ1) is 13.5. The number of hydrogen-bond donors (Lipinski definition) is 1. The smallest absolute Gasteiger partial charge is 0.335 e. The Morgan fingerprint density at radius 1 is 1.35 bits per heavy atom. The van der Waals surface area contributed by atoms with Crippen LogP contribution in [-0.2, 0) is 0 Å². The minimum atomic E-state index is -0.884. The van der Waals surface area contributed by atoms with Crippen LogP contribution in [0.15, 0.2) is 24.5 Å². The number of carbonyl (C=O) groups is 1. The fraction of sp³-hybridized carbons (Fsp3) is 0.467. The molecule has 0 atom stereocenters. The van der Waals surface area contributed by atoms with Crippen molar-refractivity contribution in [2.24, 2.45) is 0 Å². The van der Waals surface area contributed by atoms with Crippen molar-refractivity contribution in [2.45, 2.75) is 37.0 Å². The third-order valence-corrected chi connectivity index (χ3v) is 5.33. The predicted molar refractivity (Wildman–Crippen MR) is 81.5 cm³/mol. The number of aromatic carboxylic acids is 1. The monoisotopic (exact) mass is 290 g/mol. The van der Waals surface area contributed by atoms with Gasteiger partial charge in [-0.15, -0.1) is 0 Å². The van der Waals surface area contributed by atoms with E-state index in [0.717, 1.165) is 29.1 Å². The van der Waals surface area contributed by atoms with Crippen LogP contribution in [0.3, 0.4) is 0 Å². The zero-order valence-electron chi connectivity index (χ0n) is 11.5. The van der Waals surface area contributed by atoms with Gasteiger partial charge in [0, 0.05) is 11.3 Å². The summed E-state index contributed by atoms with van der Waals surface area (Å²) in [6.45, 7) is 0. The second-order valence-corrected chi connectivity index (χ2v) is 6.46. The van der Waals surface area contributed by atoms with Crippen molar-refractivity contribution in [3.05, 3.63) is 30.1 Å². The lowest BCUT2D eigenvalue weighted by Gasteiger charge is -2.28. The quantitative estimate of drug-likeness (QED) is 0.938. The standard InChI is InChI=1S/C15H18N2O2S/c1-20-12-5-3-11(4-6-12)17-9-16-13-7-2-10(15(18)19)8-14(13)17/h2,7-9,11-12H,3-6H2,1H3,(H,18,19). The molecule has 0 aliphatic heterocycles. The first-order valence-electron chi connectivity index (χ1n) is 6.91. The van der Waals surface area contributed by atoms with Gasteiger partial charge in [-0.2, -0.15) is 11.8 Å². The number of carboxylic acid groups (broad SMARTS) is 1. The van der Waals surface area contributed by atoms with Crippen LogP contribution in [0.4, 0.5) is 0 Å². The van der Waals surface area contributed by atoms with Crippen molar-refractivity contribution >= 4 is 28.8 Å². The van der Waals surface area contributed by atoms with Crippen LogP contribution in [0, 0.1) is 0 Å². The first-order valence-corrected chi connectivity index (χ1v) is 8.20. The number of thioether (sulfide) groups is 1. The van der Waals surface area contributed by atoms with Crippen molar-refractivity contribution < 1.29 is 9.90 Å². The Balaban J connectivity index is 1.91. The summed E-state index contributed by atoms with van der Waals surface area (Å²) in [5.74, 6) is -0.884. The zero-order valence-corrected chi connectivity index (χ0v) is 12.3. The van der Waals surface area contributed by atoms with Crippen LogP contribution in [0.5, 0.6) is 0 Å². The zero-order chi connectivity index (χ0) is 14.1. The molecular weight excluding hydrogens is 272 g/mol. The van der Waals surface area contributed by atoms with Crippen molar-refractivity contribution in [3.8, 4) is 0 Å². The predicted octanol–water partition coefficient (Wildman–Crippen LogP) is 3.58. The SMILES string of the molecule is CSC1CCC(n2cnc3ccc(C(=O)O)cc32)CC1. The molecule has 0 unspecified atom stereocenters. The van der Waals surface area contributed by atoms with Gasteiger partial charge in [0.25, 0.3) is 0 Å². The highest BCUT2D eigenvalue weighted by Gasteiger charge is 2.23. The number of hydrogen-bond acceptors (Lipinski definition) is 3. The molecule has 1 fully saturated rings. The van der Waals surface area contributed by atoms with Crippen molar-refractivity contribution in [1.29, 1.82) is 0 Å². The number of imidazole rings is 1. The van der Waals surface area contributed by atoms with Crippen LogP contribution >= 0.6 is 11.8 Å². The van der Waals surface area contributed by atoms with E-state index in [-0.39, 0.29) is 0 Å². The number of carboxylic acids is 1. The maximum atomic E-state index is 11.1. The second kappa shape index (κ2) is 5.48. The third-order valence-electron chi connectivity index (χ3n) is 4.19. The van der Waals surface area contributed by atoms with E-state index in [0.29, 0.717) is 11.6 Å². The summed E-state index contributed by atoms with van der Waals surface area (Å²) in [7, 11) is 0. The molecule has 20 heavy (non-hydrogen) atoms. The molecule has 1 aliphatic carbocycles. The van der Waals surface area contributed by atoms with Gasteiger partial charge in [-0.1, -0.05) is 0 Å². The second-order valence-electron chi connectivity index (χ2n) is 5.33. The van der Waals surface area contributed by atoms with Gasteiger partial charge in [-0.25, -0.2) is 9.78 Å². The van der Waals surface area contributed by atoms with Crippen LogP contribution < -0.4 is 0 Å². The largest absolute Gasteiger partial charge is 0.478 e.